The minimum atomic E-state index is 0.884. The van der Waals surface area contributed by atoms with Gasteiger partial charge in [0, 0.05) is 33.5 Å². The molecule has 0 N–H and O–H groups in total. The maximum absolute atomic E-state index is 6.57. The molecule has 12 aromatic rings. The first-order valence-electron chi connectivity index (χ1n) is 23.2. The summed E-state index contributed by atoms with van der Waals surface area (Å²) in [6.45, 7) is 0. The number of hydrogen-bond donors (Lipinski definition) is 0. The number of anilines is 3. The van der Waals surface area contributed by atoms with Crippen LogP contribution in [0, 0.1) is 0 Å². The maximum atomic E-state index is 6.57. The summed E-state index contributed by atoms with van der Waals surface area (Å²) < 4.78 is 6.57. The van der Waals surface area contributed by atoms with Gasteiger partial charge in [-0.05, 0) is 109 Å². The molecule has 12 rings (SSSR count). The number of para-hydroxylation sites is 2. The van der Waals surface area contributed by atoms with Crippen LogP contribution in [0.3, 0.4) is 0 Å². The van der Waals surface area contributed by atoms with Crippen molar-refractivity contribution < 1.29 is 4.42 Å². The molecule has 0 radical (unpaired) electrons. The summed E-state index contributed by atoms with van der Waals surface area (Å²) in [6, 6.07) is 97.8. The van der Waals surface area contributed by atoms with Crippen molar-refractivity contribution in [1.82, 2.24) is 0 Å². The van der Waals surface area contributed by atoms with Gasteiger partial charge >= 0.3 is 0 Å². The molecule has 0 aliphatic rings. The van der Waals surface area contributed by atoms with E-state index in [1.165, 1.54) is 33.0 Å². The van der Waals surface area contributed by atoms with Gasteiger partial charge in [0.1, 0.15) is 11.3 Å². The molecule has 0 aliphatic carbocycles. The van der Waals surface area contributed by atoms with Gasteiger partial charge in [-0.15, -0.1) is 0 Å². The summed E-state index contributed by atoms with van der Waals surface area (Å²) in [5.74, 6) is 0.884. The molecule has 0 aliphatic heterocycles. The minimum absolute atomic E-state index is 0.884. The van der Waals surface area contributed by atoms with E-state index in [-0.39, 0.29) is 0 Å². The van der Waals surface area contributed by atoms with E-state index >= 15 is 0 Å². The lowest BCUT2D eigenvalue weighted by atomic mass is 9.95. The van der Waals surface area contributed by atoms with E-state index in [0.717, 1.165) is 83.9 Å². The zero-order valence-electron chi connectivity index (χ0n) is 37.3. The van der Waals surface area contributed by atoms with Crippen molar-refractivity contribution in [3.63, 3.8) is 0 Å². The summed E-state index contributed by atoms with van der Waals surface area (Å²) in [6.07, 6.45) is 0. The second kappa shape index (κ2) is 17.8. The fourth-order valence-corrected chi connectivity index (χ4v) is 9.72. The molecule has 0 amide bonds. The Bertz CT molecular complexity index is 3680. The highest BCUT2D eigenvalue weighted by molar-refractivity contribution is 6.02. The van der Waals surface area contributed by atoms with E-state index in [2.05, 4.69) is 266 Å². The predicted octanol–water partition coefficient (Wildman–Crippen LogP) is 18.7. The Morgan fingerprint density at radius 1 is 0.265 bits per heavy atom. The van der Waals surface area contributed by atoms with E-state index in [1.54, 1.807) is 0 Å². The Morgan fingerprint density at radius 3 is 1.38 bits per heavy atom. The van der Waals surface area contributed by atoms with Gasteiger partial charge in [-0.3, -0.25) is 0 Å². The molecule has 320 valence electrons. The second-order valence-corrected chi connectivity index (χ2v) is 17.2. The lowest BCUT2D eigenvalue weighted by Crippen LogP contribution is -2.11. The number of benzene rings is 11. The standard InChI is InChI=1S/C66H45NO/c1-3-15-46(16-4-1)47-33-35-53(36-34-47)61-24-9-11-27-63(61)67(58-43-39-52(40-44-58)60-26-14-20-51-17-7-8-23-59(51)60)57-41-37-49(38-42-57)48-29-31-50(32-30-48)55-21-13-22-56(45-55)66-65(54-18-5-2-6-19-54)62-25-10-12-28-64(62)68-66/h1-45H. The van der Waals surface area contributed by atoms with Crippen LogP contribution in [0.1, 0.15) is 0 Å². The molecule has 2 nitrogen and oxygen atoms in total. The molecular formula is C66H45NO. The average Bonchev–Trinajstić information content (AvgIpc) is 3.82. The average molecular weight is 868 g/mol. The number of nitrogens with zero attached hydrogens (tertiary/aromatic N) is 1. The first-order chi connectivity index (χ1) is 33.7. The van der Waals surface area contributed by atoms with Crippen molar-refractivity contribution >= 4 is 38.8 Å². The van der Waals surface area contributed by atoms with Crippen LogP contribution >= 0.6 is 0 Å². The first-order valence-corrected chi connectivity index (χ1v) is 23.2. The van der Waals surface area contributed by atoms with E-state index < -0.39 is 0 Å². The summed E-state index contributed by atoms with van der Waals surface area (Å²) >= 11 is 0. The first kappa shape index (κ1) is 40.5. The molecule has 2 heteroatoms. The molecule has 0 saturated carbocycles. The number of rotatable bonds is 10. The van der Waals surface area contributed by atoms with Crippen LogP contribution in [0.15, 0.2) is 277 Å². The van der Waals surface area contributed by atoms with E-state index in [4.69, 9.17) is 4.42 Å². The van der Waals surface area contributed by atoms with Crippen LogP contribution in [0.4, 0.5) is 17.1 Å². The van der Waals surface area contributed by atoms with Gasteiger partial charge in [0.2, 0.25) is 0 Å². The molecule has 0 spiro atoms. The van der Waals surface area contributed by atoms with Gasteiger partial charge in [0.25, 0.3) is 0 Å². The molecule has 0 saturated heterocycles. The fourth-order valence-electron chi connectivity index (χ4n) is 9.72. The van der Waals surface area contributed by atoms with Crippen LogP contribution in [0.2, 0.25) is 0 Å². The lowest BCUT2D eigenvalue weighted by Gasteiger charge is -2.28. The van der Waals surface area contributed by atoms with Crippen LogP contribution in [0.25, 0.3) is 99.8 Å². The highest BCUT2D eigenvalue weighted by Gasteiger charge is 2.20. The van der Waals surface area contributed by atoms with Crippen molar-refractivity contribution in [2.45, 2.75) is 0 Å². The van der Waals surface area contributed by atoms with Gasteiger partial charge in [-0.1, -0.05) is 231 Å². The number of hydrogen-bond acceptors (Lipinski definition) is 2. The molecule has 0 atom stereocenters. The van der Waals surface area contributed by atoms with Crippen LogP contribution in [-0.2, 0) is 0 Å². The van der Waals surface area contributed by atoms with Crippen molar-refractivity contribution in [3.05, 3.63) is 273 Å². The van der Waals surface area contributed by atoms with Crippen LogP contribution in [0.5, 0.6) is 0 Å². The number of fused-ring (bicyclic) bond motifs is 2. The van der Waals surface area contributed by atoms with Gasteiger partial charge in [-0.25, -0.2) is 0 Å². The summed E-state index contributed by atoms with van der Waals surface area (Å²) in [4.78, 5) is 2.39. The molecule has 0 fully saturated rings. The topological polar surface area (TPSA) is 16.4 Å². The molecular weight excluding hydrogens is 823 g/mol. The molecule has 0 bridgehead atoms. The van der Waals surface area contributed by atoms with Gasteiger partial charge in [0.15, 0.2) is 0 Å². The normalized spacial score (nSPS) is 11.2. The lowest BCUT2D eigenvalue weighted by molar-refractivity contribution is 0.632. The molecule has 1 heterocycles. The quantitative estimate of drug-likeness (QED) is 0.136. The fraction of sp³-hybridized carbons (Fsp3) is 0. The third-order valence-electron chi connectivity index (χ3n) is 13.1. The van der Waals surface area contributed by atoms with Gasteiger partial charge in [-0.2, -0.15) is 0 Å². The summed E-state index contributed by atoms with van der Waals surface area (Å²) in [5.41, 5.74) is 19.2. The van der Waals surface area contributed by atoms with Crippen LogP contribution < -0.4 is 4.90 Å². The van der Waals surface area contributed by atoms with Crippen molar-refractivity contribution in [2.24, 2.45) is 0 Å². The Labute approximate surface area is 397 Å². The van der Waals surface area contributed by atoms with Gasteiger partial charge in [0.05, 0.1) is 5.69 Å². The minimum Gasteiger partial charge on any atom is -0.455 e. The zero-order valence-corrected chi connectivity index (χ0v) is 37.3. The highest BCUT2D eigenvalue weighted by Crippen LogP contribution is 2.44. The Balaban J connectivity index is 0.879. The smallest absolute Gasteiger partial charge is 0.143 e. The molecule has 1 aromatic heterocycles. The second-order valence-electron chi connectivity index (χ2n) is 17.2. The Hall–Kier alpha value is -8.98. The van der Waals surface area contributed by atoms with E-state index in [9.17, 15) is 0 Å². The summed E-state index contributed by atoms with van der Waals surface area (Å²) in [7, 11) is 0. The molecule has 0 unspecified atom stereocenters. The molecule has 68 heavy (non-hydrogen) atoms. The Kier molecular flexibility index (Phi) is 10.6. The van der Waals surface area contributed by atoms with Crippen molar-refractivity contribution in [1.29, 1.82) is 0 Å². The van der Waals surface area contributed by atoms with Crippen LogP contribution in [-0.4, -0.2) is 0 Å². The third kappa shape index (κ3) is 7.74. The largest absolute Gasteiger partial charge is 0.455 e. The van der Waals surface area contributed by atoms with Gasteiger partial charge < -0.3 is 9.32 Å². The van der Waals surface area contributed by atoms with Crippen molar-refractivity contribution in [2.75, 3.05) is 4.90 Å². The van der Waals surface area contributed by atoms with E-state index in [0.29, 0.717) is 0 Å². The molecule has 11 aromatic carbocycles. The zero-order chi connectivity index (χ0) is 45.2. The Morgan fingerprint density at radius 2 is 0.691 bits per heavy atom. The third-order valence-corrected chi connectivity index (χ3v) is 13.1. The monoisotopic (exact) mass is 867 g/mol. The van der Waals surface area contributed by atoms with Crippen molar-refractivity contribution in [3.8, 4) is 78.1 Å². The van der Waals surface area contributed by atoms with E-state index in [1.807, 2.05) is 12.1 Å². The predicted molar refractivity (Wildman–Crippen MR) is 286 cm³/mol. The highest BCUT2D eigenvalue weighted by atomic mass is 16.3. The maximum Gasteiger partial charge on any atom is 0.143 e. The SMILES string of the molecule is c1ccc(-c2ccc(-c3ccccc3N(c3ccc(-c4ccc(-c5cccc(-c6oc7ccccc7c6-c6ccccc6)c5)cc4)cc3)c3ccc(-c4cccc5ccccc45)cc3)cc2)cc1. The number of furan rings is 1. The summed E-state index contributed by atoms with van der Waals surface area (Å²) in [5, 5.41) is 3.61.